The number of hydrogen-bond acceptors (Lipinski definition) is 3. The molecule has 1 aromatic carbocycles. The average Bonchev–Trinajstić information content (AvgIpc) is 2.88. The van der Waals surface area contributed by atoms with Crippen molar-refractivity contribution in [2.45, 2.75) is 18.9 Å². The zero-order chi connectivity index (χ0) is 14.7. The van der Waals surface area contributed by atoms with E-state index in [2.05, 4.69) is 5.32 Å². The lowest BCUT2D eigenvalue weighted by Crippen LogP contribution is -2.42. The highest BCUT2D eigenvalue weighted by Gasteiger charge is 2.34. The molecule has 2 amide bonds. The van der Waals surface area contributed by atoms with Gasteiger partial charge in [0.25, 0.3) is 0 Å². The van der Waals surface area contributed by atoms with Crippen molar-refractivity contribution in [2.75, 3.05) is 19.0 Å². The number of amides is 2. The Morgan fingerprint density at radius 1 is 1.50 bits per heavy atom. The maximum atomic E-state index is 13.5. The number of halogens is 1. The number of likely N-dealkylation sites (tertiary alicyclic amines) is 1. The highest BCUT2D eigenvalue weighted by atomic mass is 19.1. The quantitative estimate of drug-likeness (QED) is 0.887. The number of ether oxygens (including phenoxy) is 1. The van der Waals surface area contributed by atoms with Gasteiger partial charge in [-0.3, -0.25) is 0 Å². The topological polar surface area (TPSA) is 78.9 Å². The second-order valence-corrected chi connectivity index (χ2v) is 4.47. The predicted molar refractivity (Wildman–Crippen MR) is 69.3 cm³/mol. The van der Waals surface area contributed by atoms with E-state index in [-0.39, 0.29) is 11.4 Å². The van der Waals surface area contributed by atoms with Crippen LogP contribution in [0.5, 0.6) is 5.75 Å². The van der Waals surface area contributed by atoms with Crippen molar-refractivity contribution < 1.29 is 23.8 Å². The molecule has 20 heavy (non-hydrogen) atoms. The van der Waals surface area contributed by atoms with Crippen LogP contribution in [0.15, 0.2) is 18.2 Å². The zero-order valence-corrected chi connectivity index (χ0v) is 10.9. The first-order valence-electron chi connectivity index (χ1n) is 6.17. The van der Waals surface area contributed by atoms with E-state index in [1.54, 1.807) is 0 Å². The monoisotopic (exact) mass is 282 g/mol. The van der Waals surface area contributed by atoms with Crippen LogP contribution in [0.25, 0.3) is 0 Å². The molecule has 1 aromatic rings. The number of methoxy groups -OCH3 is 1. The number of carbonyl (C=O) groups excluding carboxylic acids is 1. The minimum Gasteiger partial charge on any atom is -0.494 e. The van der Waals surface area contributed by atoms with Crippen molar-refractivity contribution in [1.82, 2.24) is 4.90 Å². The molecule has 1 aliphatic rings. The molecule has 2 rings (SSSR count). The van der Waals surface area contributed by atoms with Crippen LogP contribution in [0, 0.1) is 5.82 Å². The number of hydrogen-bond donors (Lipinski definition) is 2. The summed E-state index contributed by atoms with van der Waals surface area (Å²) in [6.07, 6.45) is 1.07. The number of nitrogens with zero attached hydrogens (tertiary/aromatic N) is 1. The van der Waals surface area contributed by atoms with Crippen LogP contribution in [0.2, 0.25) is 0 Å². The molecular formula is C13H15FN2O4. The molecule has 6 nitrogen and oxygen atoms in total. The van der Waals surface area contributed by atoms with Gasteiger partial charge in [-0.15, -0.1) is 0 Å². The van der Waals surface area contributed by atoms with Gasteiger partial charge in [0.1, 0.15) is 6.04 Å². The maximum Gasteiger partial charge on any atom is 0.326 e. The van der Waals surface area contributed by atoms with Gasteiger partial charge >= 0.3 is 12.0 Å². The van der Waals surface area contributed by atoms with Crippen LogP contribution in [0.3, 0.4) is 0 Å². The smallest absolute Gasteiger partial charge is 0.326 e. The number of nitrogens with one attached hydrogen (secondary N) is 1. The van der Waals surface area contributed by atoms with E-state index in [0.717, 1.165) is 6.07 Å². The lowest BCUT2D eigenvalue weighted by molar-refractivity contribution is -0.141. The minimum absolute atomic E-state index is 0.0765. The molecule has 1 aliphatic heterocycles. The Hall–Kier alpha value is -2.31. The molecule has 0 bridgehead atoms. The largest absolute Gasteiger partial charge is 0.494 e. The molecule has 1 heterocycles. The normalized spacial score (nSPS) is 17.9. The van der Waals surface area contributed by atoms with E-state index in [9.17, 15) is 14.0 Å². The van der Waals surface area contributed by atoms with E-state index >= 15 is 0 Å². The van der Waals surface area contributed by atoms with Gasteiger partial charge in [0, 0.05) is 18.3 Å². The van der Waals surface area contributed by atoms with Crippen LogP contribution in [0.4, 0.5) is 14.9 Å². The molecule has 0 spiro atoms. The molecule has 1 saturated heterocycles. The average molecular weight is 282 g/mol. The van der Waals surface area contributed by atoms with Crippen LogP contribution in [-0.4, -0.2) is 41.7 Å². The highest BCUT2D eigenvalue weighted by Crippen LogP contribution is 2.22. The standard InChI is InChI=1S/C13H15FN2O4/c1-20-11-5-4-8(7-9(11)14)15-13(19)16-6-2-3-10(16)12(17)18/h4-5,7,10H,2-3,6H2,1H3,(H,15,19)(H,17,18). The summed E-state index contributed by atoms with van der Waals surface area (Å²) in [5.74, 6) is -1.55. The van der Waals surface area contributed by atoms with Gasteiger partial charge in [0.2, 0.25) is 0 Å². The Morgan fingerprint density at radius 2 is 2.25 bits per heavy atom. The van der Waals surface area contributed by atoms with Crippen molar-refractivity contribution in [1.29, 1.82) is 0 Å². The first-order chi connectivity index (χ1) is 9.52. The Balaban J connectivity index is 2.08. The summed E-state index contributed by atoms with van der Waals surface area (Å²) in [5, 5.41) is 11.5. The fraction of sp³-hybridized carbons (Fsp3) is 0.385. The Morgan fingerprint density at radius 3 is 2.85 bits per heavy atom. The summed E-state index contributed by atoms with van der Waals surface area (Å²) in [5.41, 5.74) is 0.254. The lowest BCUT2D eigenvalue weighted by atomic mass is 10.2. The number of benzene rings is 1. The summed E-state index contributed by atoms with van der Waals surface area (Å²) >= 11 is 0. The summed E-state index contributed by atoms with van der Waals surface area (Å²) in [7, 11) is 1.35. The van der Waals surface area contributed by atoms with Crippen LogP contribution >= 0.6 is 0 Å². The number of rotatable bonds is 3. The van der Waals surface area contributed by atoms with Gasteiger partial charge in [0.05, 0.1) is 7.11 Å². The second kappa shape index (κ2) is 5.77. The van der Waals surface area contributed by atoms with E-state index in [0.29, 0.717) is 19.4 Å². The SMILES string of the molecule is COc1ccc(NC(=O)N2CCCC2C(=O)O)cc1F. The fourth-order valence-corrected chi connectivity index (χ4v) is 2.21. The molecule has 0 aliphatic carbocycles. The van der Waals surface area contributed by atoms with Gasteiger partial charge < -0.3 is 20.1 Å². The molecule has 0 aromatic heterocycles. The second-order valence-electron chi connectivity index (χ2n) is 4.47. The number of carboxylic acid groups (broad SMARTS) is 1. The highest BCUT2D eigenvalue weighted by molar-refractivity contribution is 5.92. The first kappa shape index (κ1) is 14.1. The number of carboxylic acids is 1. The molecule has 1 fully saturated rings. The number of carbonyl (C=O) groups is 2. The van der Waals surface area contributed by atoms with Crippen molar-refractivity contribution in [3.05, 3.63) is 24.0 Å². The van der Waals surface area contributed by atoms with Gasteiger partial charge in [-0.1, -0.05) is 0 Å². The van der Waals surface area contributed by atoms with Crippen molar-refractivity contribution in [3.8, 4) is 5.75 Å². The van der Waals surface area contributed by atoms with Gasteiger partial charge in [-0.05, 0) is 25.0 Å². The fourth-order valence-electron chi connectivity index (χ4n) is 2.21. The van der Waals surface area contributed by atoms with E-state index in [4.69, 9.17) is 9.84 Å². The Bertz CT molecular complexity index is 535. The molecule has 1 atom stereocenters. The number of urea groups is 1. The third kappa shape index (κ3) is 2.81. The van der Waals surface area contributed by atoms with E-state index in [1.165, 1.54) is 24.1 Å². The van der Waals surface area contributed by atoms with Crippen LogP contribution in [-0.2, 0) is 4.79 Å². The van der Waals surface area contributed by atoms with Crippen molar-refractivity contribution in [2.24, 2.45) is 0 Å². The van der Waals surface area contributed by atoms with E-state index in [1.807, 2.05) is 0 Å². The Kier molecular flexibility index (Phi) is 4.07. The zero-order valence-electron chi connectivity index (χ0n) is 10.9. The van der Waals surface area contributed by atoms with E-state index < -0.39 is 23.9 Å². The summed E-state index contributed by atoms with van der Waals surface area (Å²) in [6.45, 7) is 0.376. The van der Waals surface area contributed by atoms with Crippen molar-refractivity contribution in [3.63, 3.8) is 0 Å². The summed E-state index contributed by atoms with van der Waals surface area (Å²) in [6, 6.07) is 2.65. The van der Waals surface area contributed by atoms with Gasteiger partial charge in [-0.2, -0.15) is 0 Å². The summed E-state index contributed by atoms with van der Waals surface area (Å²) in [4.78, 5) is 24.2. The number of aliphatic carboxylic acids is 1. The molecule has 2 N–H and O–H groups in total. The van der Waals surface area contributed by atoms with Crippen LogP contribution < -0.4 is 10.1 Å². The Labute approximate surface area is 115 Å². The van der Waals surface area contributed by atoms with Gasteiger partial charge in [-0.25, -0.2) is 14.0 Å². The molecule has 0 radical (unpaired) electrons. The first-order valence-corrected chi connectivity index (χ1v) is 6.17. The van der Waals surface area contributed by atoms with Gasteiger partial charge in [0.15, 0.2) is 11.6 Å². The minimum atomic E-state index is -1.03. The van der Waals surface area contributed by atoms with Crippen LogP contribution in [0.1, 0.15) is 12.8 Å². The number of anilines is 1. The third-order valence-corrected chi connectivity index (χ3v) is 3.20. The lowest BCUT2D eigenvalue weighted by Gasteiger charge is -2.21. The molecule has 0 saturated carbocycles. The maximum absolute atomic E-state index is 13.5. The van der Waals surface area contributed by atoms with Crippen molar-refractivity contribution >= 4 is 17.7 Å². The molecule has 108 valence electrons. The molecular weight excluding hydrogens is 267 g/mol. The third-order valence-electron chi connectivity index (χ3n) is 3.20. The predicted octanol–water partition coefficient (Wildman–Crippen LogP) is 1.92. The molecule has 1 unspecified atom stereocenters. The summed E-state index contributed by atoms with van der Waals surface area (Å²) < 4.78 is 18.3. The molecule has 7 heteroatoms.